The smallest absolute Gasteiger partial charge is 0.239 e. The number of amides is 1. The Bertz CT molecular complexity index is 525. The van der Waals surface area contributed by atoms with Crippen LogP contribution in [0.2, 0.25) is 0 Å². The van der Waals surface area contributed by atoms with Gasteiger partial charge in [0.1, 0.15) is 17.5 Å². The molecule has 0 radical (unpaired) electrons. The van der Waals surface area contributed by atoms with Gasteiger partial charge in [0.15, 0.2) is 0 Å². The van der Waals surface area contributed by atoms with E-state index < -0.39 is 0 Å². The molecule has 1 aromatic rings. The first-order valence-corrected chi connectivity index (χ1v) is 6.96. The van der Waals surface area contributed by atoms with Crippen LogP contribution in [0.25, 0.3) is 0 Å². The number of hydrogen-bond donors (Lipinski definition) is 3. The first-order valence-electron chi connectivity index (χ1n) is 6.96. The molecular formula is C14H21N5O2. The van der Waals surface area contributed by atoms with Gasteiger partial charge in [-0.05, 0) is 19.9 Å². The van der Waals surface area contributed by atoms with Gasteiger partial charge in [-0.3, -0.25) is 4.79 Å². The number of unbranched alkanes of at least 4 members (excludes halogenated alkanes) is 1. The van der Waals surface area contributed by atoms with Crippen molar-refractivity contribution in [3.05, 3.63) is 11.6 Å². The molecule has 0 aromatic carbocycles. The predicted octanol–water partition coefficient (Wildman–Crippen LogP) is 1.26. The Morgan fingerprint density at radius 1 is 1.52 bits per heavy atom. The van der Waals surface area contributed by atoms with Crippen molar-refractivity contribution in [3.63, 3.8) is 0 Å². The Labute approximate surface area is 124 Å². The molecule has 1 heterocycles. The quantitative estimate of drug-likeness (QED) is 0.621. The number of aromatic nitrogens is 1. The summed E-state index contributed by atoms with van der Waals surface area (Å²) in [7, 11) is 0. The van der Waals surface area contributed by atoms with Crippen molar-refractivity contribution in [2.75, 3.05) is 30.7 Å². The molecule has 21 heavy (non-hydrogen) atoms. The third-order valence-electron chi connectivity index (χ3n) is 2.67. The third kappa shape index (κ3) is 5.28. The summed E-state index contributed by atoms with van der Waals surface area (Å²) in [6.07, 6.45) is 2.09. The highest BCUT2D eigenvalue weighted by atomic mass is 16.5. The van der Waals surface area contributed by atoms with Gasteiger partial charge in [0.05, 0.1) is 18.8 Å². The topological polar surface area (TPSA) is 113 Å². The van der Waals surface area contributed by atoms with Crippen molar-refractivity contribution in [2.45, 2.75) is 26.7 Å². The normalized spacial score (nSPS) is 9.95. The Morgan fingerprint density at radius 3 is 2.90 bits per heavy atom. The van der Waals surface area contributed by atoms with E-state index in [0.29, 0.717) is 6.61 Å². The summed E-state index contributed by atoms with van der Waals surface area (Å²) in [6, 6.07) is 3.39. The Hall–Kier alpha value is -2.33. The number of carbonyl (C=O) groups is 1. The Kier molecular flexibility index (Phi) is 6.98. The molecule has 4 N–H and O–H groups in total. The van der Waals surface area contributed by atoms with E-state index >= 15 is 0 Å². The summed E-state index contributed by atoms with van der Waals surface area (Å²) in [6.45, 7) is 5.21. The zero-order valence-corrected chi connectivity index (χ0v) is 12.4. The van der Waals surface area contributed by atoms with Gasteiger partial charge < -0.3 is 21.1 Å². The van der Waals surface area contributed by atoms with Crippen LogP contribution in [0.3, 0.4) is 0 Å². The second kappa shape index (κ2) is 8.76. The molecular weight excluding hydrogens is 270 g/mol. The summed E-state index contributed by atoms with van der Waals surface area (Å²) >= 11 is 0. The maximum atomic E-state index is 11.8. The molecule has 7 heteroatoms. The fraction of sp³-hybridized carbons (Fsp3) is 0.500. The van der Waals surface area contributed by atoms with Crippen LogP contribution < -0.4 is 21.1 Å². The maximum Gasteiger partial charge on any atom is 0.239 e. The zero-order valence-electron chi connectivity index (χ0n) is 12.4. The average Bonchev–Trinajstić information content (AvgIpc) is 2.44. The maximum absolute atomic E-state index is 11.8. The number of hydrogen-bond acceptors (Lipinski definition) is 6. The van der Waals surface area contributed by atoms with E-state index in [2.05, 4.69) is 22.5 Å². The number of nitrogens with one attached hydrogen (secondary N) is 2. The molecule has 1 aromatic heterocycles. The van der Waals surface area contributed by atoms with Crippen LogP contribution >= 0.6 is 0 Å². The van der Waals surface area contributed by atoms with Gasteiger partial charge in [-0.1, -0.05) is 13.3 Å². The second-order valence-electron chi connectivity index (χ2n) is 4.40. The lowest BCUT2D eigenvalue weighted by molar-refractivity contribution is -0.115. The summed E-state index contributed by atoms with van der Waals surface area (Å²) in [5, 5.41) is 14.7. The standard InChI is InChI=1S/C14H21N5O2/c1-3-5-6-17-9-13(20)18-12-7-11(16)10(8-15)14(19-12)21-4-2/h7,17H,3-6,9H2,1-2H3,(H3,16,18,19,20). The van der Waals surface area contributed by atoms with E-state index in [1.54, 1.807) is 6.92 Å². The minimum Gasteiger partial charge on any atom is -0.477 e. The number of nitriles is 1. The number of nitrogen functional groups attached to an aromatic ring is 1. The molecule has 0 bridgehead atoms. The second-order valence-corrected chi connectivity index (χ2v) is 4.40. The first kappa shape index (κ1) is 16.7. The van der Waals surface area contributed by atoms with Gasteiger partial charge in [0.25, 0.3) is 0 Å². The molecule has 0 aliphatic heterocycles. The van der Waals surface area contributed by atoms with Crippen LogP contribution in [-0.4, -0.2) is 30.6 Å². The predicted molar refractivity (Wildman–Crippen MR) is 80.9 cm³/mol. The molecule has 114 valence electrons. The number of nitrogens with two attached hydrogens (primary N) is 1. The number of carbonyl (C=O) groups excluding carboxylic acids is 1. The molecule has 0 spiro atoms. The van der Waals surface area contributed by atoms with E-state index in [-0.39, 0.29) is 35.4 Å². The number of nitrogens with zero attached hydrogens (tertiary/aromatic N) is 2. The molecule has 0 saturated carbocycles. The lowest BCUT2D eigenvalue weighted by Crippen LogP contribution is -2.29. The van der Waals surface area contributed by atoms with Crippen molar-refractivity contribution >= 4 is 17.4 Å². The molecule has 0 saturated heterocycles. The van der Waals surface area contributed by atoms with Crippen molar-refractivity contribution in [1.29, 1.82) is 5.26 Å². The van der Waals surface area contributed by atoms with Gasteiger partial charge in [-0.25, -0.2) is 0 Å². The molecule has 7 nitrogen and oxygen atoms in total. The molecule has 0 aliphatic rings. The van der Waals surface area contributed by atoms with Crippen molar-refractivity contribution in [2.24, 2.45) is 0 Å². The lowest BCUT2D eigenvalue weighted by atomic mass is 10.2. The fourth-order valence-corrected chi connectivity index (χ4v) is 1.65. The van der Waals surface area contributed by atoms with Crippen LogP contribution in [0.1, 0.15) is 32.3 Å². The molecule has 0 aliphatic carbocycles. The highest BCUT2D eigenvalue weighted by Crippen LogP contribution is 2.24. The number of pyridine rings is 1. The van der Waals surface area contributed by atoms with Crippen LogP contribution in [0.4, 0.5) is 11.5 Å². The van der Waals surface area contributed by atoms with Gasteiger partial charge in [0, 0.05) is 6.07 Å². The first-order chi connectivity index (χ1) is 10.1. The minimum atomic E-state index is -0.217. The van der Waals surface area contributed by atoms with Crippen molar-refractivity contribution < 1.29 is 9.53 Å². The van der Waals surface area contributed by atoms with Crippen LogP contribution in [0.15, 0.2) is 6.07 Å². The van der Waals surface area contributed by atoms with Crippen LogP contribution in [0.5, 0.6) is 5.88 Å². The van der Waals surface area contributed by atoms with Gasteiger partial charge in [-0.15, -0.1) is 0 Å². The summed E-state index contributed by atoms with van der Waals surface area (Å²) in [5.74, 6) is 0.191. The molecule has 1 rings (SSSR count). The SMILES string of the molecule is CCCCNCC(=O)Nc1cc(N)c(C#N)c(OCC)n1. The van der Waals surface area contributed by atoms with E-state index in [0.717, 1.165) is 19.4 Å². The van der Waals surface area contributed by atoms with E-state index in [4.69, 9.17) is 15.7 Å². The average molecular weight is 291 g/mol. The summed E-state index contributed by atoms with van der Waals surface area (Å²) in [5.41, 5.74) is 6.17. The minimum absolute atomic E-state index is 0.134. The Balaban J connectivity index is 2.71. The lowest BCUT2D eigenvalue weighted by Gasteiger charge is -2.10. The van der Waals surface area contributed by atoms with Crippen molar-refractivity contribution in [1.82, 2.24) is 10.3 Å². The molecule has 0 unspecified atom stereocenters. The summed E-state index contributed by atoms with van der Waals surface area (Å²) in [4.78, 5) is 15.8. The van der Waals surface area contributed by atoms with E-state index in [1.165, 1.54) is 6.07 Å². The highest BCUT2D eigenvalue weighted by molar-refractivity contribution is 5.92. The van der Waals surface area contributed by atoms with Crippen molar-refractivity contribution in [3.8, 4) is 11.9 Å². The van der Waals surface area contributed by atoms with Gasteiger partial charge in [0.2, 0.25) is 11.8 Å². The van der Waals surface area contributed by atoms with Gasteiger partial charge in [-0.2, -0.15) is 10.2 Å². The third-order valence-corrected chi connectivity index (χ3v) is 2.67. The number of ether oxygens (including phenoxy) is 1. The van der Waals surface area contributed by atoms with E-state index in [9.17, 15) is 4.79 Å². The monoisotopic (exact) mass is 291 g/mol. The molecule has 1 amide bonds. The van der Waals surface area contributed by atoms with Gasteiger partial charge >= 0.3 is 0 Å². The summed E-state index contributed by atoms with van der Waals surface area (Å²) < 4.78 is 5.26. The largest absolute Gasteiger partial charge is 0.477 e. The Morgan fingerprint density at radius 2 is 2.29 bits per heavy atom. The fourth-order valence-electron chi connectivity index (χ4n) is 1.65. The number of rotatable bonds is 8. The van der Waals surface area contributed by atoms with Crippen LogP contribution in [0, 0.1) is 11.3 Å². The highest BCUT2D eigenvalue weighted by Gasteiger charge is 2.13. The van der Waals surface area contributed by atoms with E-state index in [1.807, 2.05) is 6.07 Å². The molecule has 0 atom stereocenters. The van der Waals surface area contributed by atoms with Crippen LogP contribution in [-0.2, 0) is 4.79 Å². The number of anilines is 2. The zero-order chi connectivity index (χ0) is 15.7. The molecule has 0 fully saturated rings.